The second-order valence-corrected chi connectivity index (χ2v) is 17.8. The number of allylic oxidation sites excluding steroid dienone is 2. The Balaban J connectivity index is 3.04. The van der Waals surface area contributed by atoms with Gasteiger partial charge in [0.1, 0.15) is 0 Å². The van der Waals surface area contributed by atoms with Gasteiger partial charge < -0.3 is 0 Å². The molecule has 0 aliphatic carbocycles. The Hall–Kier alpha value is 0.344. The predicted octanol–water partition coefficient (Wildman–Crippen LogP) is 4.90. The van der Waals surface area contributed by atoms with Crippen molar-refractivity contribution in [2.45, 2.75) is 62.6 Å². The van der Waals surface area contributed by atoms with Crippen molar-refractivity contribution in [3.05, 3.63) is 19.2 Å². The van der Waals surface area contributed by atoms with E-state index in [0.29, 0.717) is 0 Å². The van der Waals surface area contributed by atoms with Crippen LogP contribution in [0.2, 0.25) is 21.5 Å². The van der Waals surface area contributed by atoms with Gasteiger partial charge in [0.05, 0.1) is 0 Å². The first-order valence-corrected chi connectivity index (χ1v) is 14.4. The first-order valence-electron chi connectivity index (χ1n) is 7.11. The fraction of sp³-hybridized carbons (Fsp3) is 0.714. The van der Waals surface area contributed by atoms with E-state index in [1.807, 2.05) is 0 Å². The summed E-state index contributed by atoms with van der Waals surface area (Å²) in [7, 11) is 0. The zero-order valence-electron chi connectivity index (χ0n) is 11.8. The van der Waals surface area contributed by atoms with E-state index in [4.69, 9.17) is 0 Å². The van der Waals surface area contributed by atoms with Crippen molar-refractivity contribution in [3.8, 4) is 0 Å². The van der Waals surface area contributed by atoms with E-state index in [0.717, 1.165) is 6.71 Å². The SMILES string of the molecule is CCB(CC)C1=[CH][Sn]([CH2]C)([CH2]C)[CH]=C1CC. The quantitative estimate of drug-likeness (QED) is 0.609. The van der Waals surface area contributed by atoms with Gasteiger partial charge in [-0.3, -0.25) is 0 Å². The summed E-state index contributed by atoms with van der Waals surface area (Å²) >= 11 is -1.93. The molecule has 0 atom stereocenters. The minimum atomic E-state index is -1.93. The van der Waals surface area contributed by atoms with Crippen molar-refractivity contribution < 1.29 is 0 Å². The van der Waals surface area contributed by atoms with Crippen LogP contribution in [0.25, 0.3) is 0 Å². The van der Waals surface area contributed by atoms with Crippen LogP contribution < -0.4 is 0 Å². The van der Waals surface area contributed by atoms with Gasteiger partial charge in [-0.05, 0) is 0 Å². The molecule has 0 spiro atoms. The van der Waals surface area contributed by atoms with Gasteiger partial charge in [-0.25, -0.2) is 0 Å². The van der Waals surface area contributed by atoms with Gasteiger partial charge in [0, 0.05) is 0 Å². The van der Waals surface area contributed by atoms with Crippen molar-refractivity contribution in [2.75, 3.05) is 0 Å². The molecule has 1 heterocycles. The molecule has 0 N–H and O–H groups in total. The molecule has 0 saturated carbocycles. The van der Waals surface area contributed by atoms with Gasteiger partial charge in [0.15, 0.2) is 0 Å². The first-order chi connectivity index (χ1) is 7.66. The normalized spacial score (nSPS) is 18.3. The summed E-state index contributed by atoms with van der Waals surface area (Å²) in [4.78, 5) is 0. The van der Waals surface area contributed by atoms with E-state index in [9.17, 15) is 0 Å². The molecule has 16 heavy (non-hydrogen) atoms. The Morgan fingerprint density at radius 3 is 1.88 bits per heavy atom. The van der Waals surface area contributed by atoms with E-state index >= 15 is 0 Å². The molecular weight excluding hydrogens is 298 g/mol. The molecule has 0 aromatic carbocycles. The second kappa shape index (κ2) is 6.32. The Labute approximate surface area is 107 Å². The van der Waals surface area contributed by atoms with Crippen LogP contribution in [0.4, 0.5) is 0 Å². The molecule has 2 heteroatoms. The molecule has 0 aromatic rings. The van der Waals surface area contributed by atoms with Crippen LogP contribution in [0.1, 0.15) is 41.0 Å². The molecule has 0 bridgehead atoms. The number of hydrogen-bond donors (Lipinski definition) is 0. The van der Waals surface area contributed by atoms with E-state index < -0.39 is 18.4 Å². The summed E-state index contributed by atoms with van der Waals surface area (Å²) in [5.41, 5.74) is 3.47. The molecule has 0 nitrogen and oxygen atoms in total. The molecular formula is C14H27BSn. The van der Waals surface area contributed by atoms with Crippen LogP contribution in [-0.4, -0.2) is 25.1 Å². The van der Waals surface area contributed by atoms with Gasteiger partial charge in [-0.2, -0.15) is 0 Å². The third kappa shape index (κ3) is 2.77. The average Bonchev–Trinajstić information content (AvgIpc) is 2.71. The fourth-order valence-corrected chi connectivity index (χ4v) is 13.0. The number of rotatable bonds is 6. The summed E-state index contributed by atoms with van der Waals surface area (Å²) in [6.07, 6.45) is 3.88. The minimum absolute atomic E-state index is 0.836. The van der Waals surface area contributed by atoms with Crippen LogP contribution in [0.15, 0.2) is 19.2 Å². The summed E-state index contributed by atoms with van der Waals surface area (Å²) in [6, 6.07) is 0. The van der Waals surface area contributed by atoms with Crippen LogP contribution >= 0.6 is 0 Å². The molecule has 1 aliphatic heterocycles. The molecule has 0 unspecified atom stereocenters. The van der Waals surface area contributed by atoms with Crippen LogP contribution in [0.5, 0.6) is 0 Å². The molecule has 1 rings (SSSR count). The Bertz CT molecular complexity index is 283. The van der Waals surface area contributed by atoms with Crippen molar-refractivity contribution in [2.24, 2.45) is 0 Å². The Kier molecular flexibility index (Phi) is 5.69. The molecule has 1 aliphatic rings. The van der Waals surface area contributed by atoms with Crippen LogP contribution in [0, 0.1) is 0 Å². The summed E-state index contributed by atoms with van der Waals surface area (Å²) < 4.78 is 8.48. The average molecular weight is 325 g/mol. The van der Waals surface area contributed by atoms with Gasteiger partial charge >= 0.3 is 107 Å². The third-order valence-corrected chi connectivity index (χ3v) is 17.1. The maximum atomic E-state index is 2.80. The first kappa shape index (κ1) is 14.4. The molecule has 90 valence electrons. The Morgan fingerprint density at radius 1 is 0.938 bits per heavy atom. The predicted molar refractivity (Wildman–Crippen MR) is 79.9 cm³/mol. The molecule has 0 fully saturated rings. The summed E-state index contributed by atoms with van der Waals surface area (Å²) in [6.45, 7) is 12.7. The Morgan fingerprint density at radius 2 is 1.50 bits per heavy atom. The van der Waals surface area contributed by atoms with Gasteiger partial charge in [-0.1, -0.05) is 0 Å². The molecule has 0 amide bonds. The maximum absolute atomic E-state index is 2.80. The topological polar surface area (TPSA) is 0 Å². The number of hydrogen-bond acceptors (Lipinski definition) is 0. The fourth-order valence-electron chi connectivity index (χ4n) is 2.95. The van der Waals surface area contributed by atoms with Crippen LogP contribution in [0.3, 0.4) is 0 Å². The van der Waals surface area contributed by atoms with Crippen molar-refractivity contribution in [3.63, 3.8) is 0 Å². The van der Waals surface area contributed by atoms with Gasteiger partial charge in [-0.15, -0.1) is 0 Å². The van der Waals surface area contributed by atoms with E-state index in [2.05, 4.69) is 42.8 Å². The zero-order chi connectivity index (χ0) is 12.2. The van der Waals surface area contributed by atoms with E-state index in [1.165, 1.54) is 27.9 Å². The monoisotopic (exact) mass is 326 g/mol. The van der Waals surface area contributed by atoms with E-state index in [-0.39, 0.29) is 0 Å². The molecule has 0 radical (unpaired) electrons. The third-order valence-electron chi connectivity index (χ3n) is 4.40. The summed E-state index contributed by atoms with van der Waals surface area (Å²) in [5, 5.41) is 0. The van der Waals surface area contributed by atoms with Gasteiger partial charge in [0.25, 0.3) is 0 Å². The van der Waals surface area contributed by atoms with Crippen LogP contribution in [-0.2, 0) is 0 Å². The standard InChI is InChI=1S/C10H17B.2C2H5.Sn/c1-6-9(4)10(5)11(7-2)8-3;2*1-2;/h4-5H,6-8H2,1-3H3;2*1H2,2H3;. The van der Waals surface area contributed by atoms with E-state index in [1.54, 1.807) is 11.0 Å². The van der Waals surface area contributed by atoms with Crippen molar-refractivity contribution in [1.29, 1.82) is 0 Å². The summed E-state index contributed by atoms with van der Waals surface area (Å²) in [5.74, 6) is 0. The van der Waals surface area contributed by atoms with Crippen molar-refractivity contribution in [1.82, 2.24) is 0 Å². The second-order valence-electron chi connectivity index (χ2n) is 5.08. The zero-order valence-corrected chi connectivity index (χ0v) is 14.6. The molecule has 0 aromatic heterocycles. The van der Waals surface area contributed by atoms with Crippen molar-refractivity contribution >= 4 is 25.1 Å². The van der Waals surface area contributed by atoms with Gasteiger partial charge in [0.2, 0.25) is 0 Å². The molecule has 0 saturated heterocycles.